The van der Waals surface area contributed by atoms with E-state index in [-0.39, 0.29) is 5.97 Å². The summed E-state index contributed by atoms with van der Waals surface area (Å²) in [5.74, 6) is -0.0932. The Labute approximate surface area is 105 Å². The molecule has 0 aromatic carbocycles. The summed E-state index contributed by atoms with van der Waals surface area (Å²) in [5.41, 5.74) is 0. The first kappa shape index (κ1) is 15.9. The highest BCUT2D eigenvalue weighted by atomic mass is 16.5. The van der Waals surface area contributed by atoms with Gasteiger partial charge in [0.15, 0.2) is 0 Å². The van der Waals surface area contributed by atoms with Gasteiger partial charge in [-0.2, -0.15) is 5.26 Å². The molecule has 0 aromatic rings. The Hall–Kier alpha value is -1.08. The molecule has 0 bridgehead atoms. The first-order valence-electron chi connectivity index (χ1n) is 6.49. The molecule has 0 N–H and O–H groups in total. The summed E-state index contributed by atoms with van der Waals surface area (Å²) in [4.78, 5) is 13.3. The number of hydrogen-bond acceptors (Lipinski definition) is 4. The van der Waals surface area contributed by atoms with Crippen LogP contribution < -0.4 is 0 Å². The largest absolute Gasteiger partial charge is 0.466 e. The topological polar surface area (TPSA) is 53.3 Å². The van der Waals surface area contributed by atoms with Crippen molar-refractivity contribution in [1.29, 1.82) is 5.26 Å². The van der Waals surface area contributed by atoms with Crippen molar-refractivity contribution in [2.45, 2.75) is 46.0 Å². The standard InChI is InChI=1S/C13H24N2O2/c1-3-15(12-8-10-14)11-7-5-6-9-13(16)17-4-2/h3-9,11-12H2,1-2H3. The summed E-state index contributed by atoms with van der Waals surface area (Å²) < 4.78 is 4.86. The molecule has 0 radical (unpaired) electrons. The molecule has 0 aliphatic heterocycles. The van der Waals surface area contributed by atoms with Crippen molar-refractivity contribution >= 4 is 5.97 Å². The number of hydrogen-bond donors (Lipinski definition) is 0. The lowest BCUT2D eigenvalue weighted by Crippen LogP contribution is -2.25. The highest BCUT2D eigenvalue weighted by Gasteiger charge is 2.03. The Morgan fingerprint density at radius 3 is 2.59 bits per heavy atom. The SMILES string of the molecule is CCOC(=O)CCCCCN(CC)CCC#N. The van der Waals surface area contributed by atoms with Gasteiger partial charge in [-0.05, 0) is 32.9 Å². The molecule has 0 spiro atoms. The molecule has 98 valence electrons. The van der Waals surface area contributed by atoms with Crippen LogP contribution in [-0.4, -0.2) is 37.1 Å². The molecule has 0 unspecified atom stereocenters. The molecular weight excluding hydrogens is 216 g/mol. The fourth-order valence-electron chi connectivity index (χ4n) is 1.65. The van der Waals surface area contributed by atoms with E-state index in [2.05, 4.69) is 17.9 Å². The lowest BCUT2D eigenvalue weighted by atomic mass is 10.2. The van der Waals surface area contributed by atoms with Gasteiger partial charge in [0, 0.05) is 19.4 Å². The minimum Gasteiger partial charge on any atom is -0.466 e. The molecule has 0 heterocycles. The van der Waals surface area contributed by atoms with E-state index in [0.717, 1.165) is 38.9 Å². The summed E-state index contributed by atoms with van der Waals surface area (Å²) in [6.07, 6.45) is 4.14. The minimum absolute atomic E-state index is 0.0932. The molecule has 0 aliphatic rings. The first-order chi connectivity index (χ1) is 8.24. The zero-order chi connectivity index (χ0) is 12.9. The van der Waals surface area contributed by atoms with Gasteiger partial charge in [0.05, 0.1) is 12.7 Å². The van der Waals surface area contributed by atoms with Crippen LogP contribution in [0, 0.1) is 11.3 Å². The van der Waals surface area contributed by atoms with Crippen molar-refractivity contribution in [2.75, 3.05) is 26.2 Å². The molecule has 0 rings (SSSR count). The van der Waals surface area contributed by atoms with E-state index in [1.165, 1.54) is 0 Å². The summed E-state index contributed by atoms with van der Waals surface area (Å²) in [5, 5.41) is 8.50. The van der Waals surface area contributed by atoms with Crippen LogP contribution in [0.4, 0.5) is 0 Å². The highest BCUT2D eigenvalue weighted by Crippen LogP contribution is 2.03. The number of carbonyl (C=O) groups is 1. The predicted molar refractivity (Wildman–Crippen MR) is 67.4 cm³/mol. The van der Waals surface area contributed by atoms with Crippen LogP contribution in [0.2, 0.25) is 0 Å². The van der Waals surface area contributed by atoms with Crippen molar-refractivity contribution in [2.24, 2.45) is 0 Å². The molecule has 4 heteroatoms. The van der Waals surface area contributed by atoms with Crippen LogP contribution in [0.15, 0.2) is 0 Å². The van der Waals surface area contributed by atoms with Crippen molar-refractivity contribution in [1.82, 2.24) is 4.90 Å². The Bertz CT molecular complexity index is 236. The first-order valence-corrected chi connectivity index (χ1v) is 6.49. The smallest absolute Gasteiger partial charge is 0.305 e. The molecule has 0 atom stereocenters. The van der Waals surface area contributed by atoms with E-state index < -0.39 is 0 Å². The Balaban J connectivity index is 3.42. The quantitative estimate of drug-likeness (QED) is 0.434. The van der Waals surface area contributed by atoms with Crippen LogP contribution in [0.5, 0.6) is 0 Å². The molecule has 0 aliphatic carbocycles. The van der Waals surface area contributed by atoms with E-state index in [1.807, 2.05) is 6.92 Å². The van der Waals surface area contributed by atoms with Gasteiger partial charge in [0.2, 0.25) is 0 Å². The fourth-order valence-corrected chi connectivity index (χ4v) is 1.65. The summed E-state index contributed by atoms with van der Waals surface area (Å²) in [6, 6.07) is 2.16. The zero-order valence-corrected chi connectivity index (χ0v) is 11.1. The average molecular weight is 240 g/mol. The normalized spacial score (nSPS) is 10.2. The van der Waals surface area contributed by atoms with Gasteiger partial charge in [-0.3, -0.25) is 4.79 Å². The number of esters is 1. The number of rotatable bonds is 10. The third-order valence-electron chi connectivity index (χ3n) is 2.65. The van der Waals surface area contributed by atoms with Gasteiger partial charge in [-0.1, -0.05) is 13.3 Å². The highest BCUT2D eigenvalue weighted by molar-refractivity contribution is 5.69. The van der Waals surface area contributed by atoms with Gasteiger partial charge in [-0.15, -0.1) is 0 Å². The van der Waals surface area contributed by atoms with Gasteiger partial charge >= 0.3 is 5.97 Å². The Morgan fingerprint density at radius 1 is 1.24 bits per heavy atom. The minimum atomic E-state index is -0.0932. The van der Waals surface area contributed by atoms with Crippen molar-refractivity contribution in [3.05, 3.63) is 0 Å². The molecule has 0 aromatic heterocycles. The molecule has 0 saturated heterocycles. The van der Waals surface area contributed by atoms with Gasteiger partial charge in [0.25, 0.3) is 0 Å². The number of nitriles is 1. The second-order valence-electron chi connectivity index (χ2n) is 3.96. The molecule has 4 nitrogen and oxygen atoms in total. The van der Waals surface area contributed by atoms with E-state index >= 15 is 0 Å². The van der Waals surface area contributed by atoms with Crippen molar-refractivity contribution < 1.29 is 9.53 Å². The lowest BCUT2D eigenvalue weighted by molar-refractivity contribution is -0.143. The maximum Gasteiger partial charge on any atom is 0.305 e. The van der Waals surface area contributed by atoms with Crippen molar-refractivity contribution in [3.8, 4) is 6.07 Å². The van der Waals surface area contributed by atoms with E-state index in [0.29, 0.717) is 19.4 Å². The Morgan fingerprint density at radius 2 is 2.00 bits per heavy atom. The molecule has 0 fully saturated rings. The Kier molecular flexibility index (Phi) is 10.7. The average Bonchev–Trinajstić information content (AvgIpc) is 2.33. The van der Waals surface area contributed by atoms with E-state index in [1.54, 1.807) is 0 Å². The van der Waals surface area contributed by atoms with E-state index in [4.69, 9.17) is 10.00 Å². The summed E-state index contributed by atoms with van der Waals surface area (Å²) in [6.45, 7) is 7.25. The zero-order valence-electron chi connectivity index (χ0n) is 11.1. The number of carbonyl (C=O) groups excluding carboxylic acids is 1. The van der Waals surface area contributed by atoms with Crippen LogP contribution in [-0.2, 0) is 9.53 Å². The third kappa shape index (κ3) is 9.83. The second-order valence-corrected chi connectivity index (χ2v) is 3.96. The number of ether oxygens (including phenoxy) is 1. The molecule has 17 heavy (non-hydrogen) atoms. The van der Waals surface area contributed by atoms with Crippen LogP contribution >= 0.6 is 0 Å². The van der Waals surface area contributed by atoms with E-state index in [9.17, 15) is 4.79 Å². The van der Waals surface area contributed by atoms with Gasteiger partial charge in [-0.25, -0.2) is 0 Å². The second kappa shape index (κ2) is 11.4. The maximum atomic E-state index is 11.1. The van der Waals surface area contributed by atoms with Gasteiger partial charge in [0.1, 0.15) is 0 Å². The third-order valence-corrected chi connectivity index (χ3v) is 2.65. The fraction of sp³-hybridized carbons (Fsp3) is 0.846. The molecule has 0 saturated carbocycles. The summed E-state index contributed by atoms with van der Waals surface area (Å²) >= 11 is 0. The number of nitrogens with zero attached hydrogens (tertiary/aromatic N) is 2. The monoisotopic (exact) mass is 240 g/mol. The number of unbranched alkanes of at least 4 members (excludes halogenated alkanes) is 2. The van der Waals surface area contributed by atoms with Crippen LogP contribution in [0.25, 0.3) is 0 Å². The van der Waals surface area contributed by atoms with Gasteiger partial charge < -0.3 is 9.64 Å². The summed E-state index contributed by atoms with van der Waals surface area (Å²) in [7, 11) is 0. The van der Waals surface area contributed by atoms with Crippen molar-refractivity contribution in [3.63, 3.8) is 0 Å². The molecule has 0 amide bonds. The maximum absolute atomic E-state index is 11.1. The molecular formula is C13H24N2O2. The van der Waals surface area contributed by atoms with Crippen LogP contribution in [0.1, 0.15) is 46.0 Å². The lowest BCUT2D eigenvalue weighted by Gasteiger charge is -2.18. The van der Waals surface area contributed by atoms with Crippen LogP contribution in [0.3, 0.4) is 0 Å². The predicted octanol–water partition coefficient (Wildman–Crippen LogP) is 2.35.